The van der Waals surface area contributed by atoms with E-state index in [2.05, 4.69) is 31.2 Å². The number of aromatic amines is 1. The van der Waals surface area contributed by atoms with Crippen molar-refractivity contribution < 1.29 is 9.90 Å². The van der Waals surface area contributed by atoms with E-state index < -0.39 is 5.97 Å². The predicted octanol–water partition coefficient (Wildman–Crippen LogP) is 0.344. The third-order valence-electron chi connectivity index (χ3n) is 1.90. The summed E-state index contributed by atoms with van der Waals surface area (Å²) < 4.78 is 0. The number of anilines is 1. The van der Waals surface area contributed by atoms with Crippen molar-refractivity contribution in [3.05, 3.63) is 35.4 Å². The van der Waals surface area contributed by atoms with Gasteiger partial charge in [-0.25, -0.2) is 10.2 Å². The number of hydrazone groups is 1. The van der Waals surface area contributed by atoms with Crippen LogP contribution in [0.15, 0.2) is 29.4 Å². The maximum absolute atomic E-state index is 10.9. The lowest BCUT2D eigenvalue weighted by Crippen LogP contribution is -2.02. The summed E-state index contributed by atoms with van der Waals surface area (Å²) in [5, 5.41) is 25.5. The Labute approximate surface area is 95.4 Å². The lowest BCUT2D eigenvalue weighted by atomic mass is 10.1. The molecular formula is C9H8N6O2. The number of carbonyl (C=O) groups is 1. The summed E-state index contributed by atoms with van der Waals surface area (Å²) in [4.78, 5) is 10.9. The Bertz CT molecular complexity index is 536. The average Bonchev–Trinajstić information content (AvgIpc) is 2.82. The van der Waals surface area contributed by atoms with Crippen LogP contribution in [-0.2, 0) is 0 Å². The van der Waals surface area contributed by atoms with Gasteiger partial charge in [-0.1, -0.05) is 23.3 Å². The van der Waals surface area contributed by atoms with E-state index in [0.29, 0.717) is 5.56 Å². The van der Waals surface area contributed by atoms with Gasteiger partial charge in [0.05, 0.1) is 11.8 Å². The van der Waals surface area contributed by atoms with E-state index in [1.54, 1.807) is 18.2 Å². The van der Waals surface area contributed by atoms with E-state index in [-0.39, 0.29) is 11.5 Å². The molecule has 0 radical (unpaired) electrons. The number of tetrazole rings is 1. The zero-order valence-corrected chi connectivity index (χ0v) is 8.53. The van der Waals surface area contributed by atoms with Gasteiger partial charge in [-0.15, -0.1) is 5.10 Å². The molecule has 1 heterocycles. The molecule has 1 aromatic heterocycles. The molecule has 0 saturated heterocycles. The fourth-order valence-electron chi connectivity index (χ4n) is 1.17. The van der Waals surface area contributed by atoms with E-state index >= 15 is 0 Å². The van der Waals surface area contributed by atoms with E-state index in [0.717, 1.165) is 0 Å². The Balaban J connectivity index is 2.13. The largest absolute Gasteiger partial charge is 0.478 e. The number of carboxylic acid groups (broad SMARTS) is 1. The molecule has 1 aromatic carbocycles. The highest BCUT2D eigenvalue weighted by atomic mass is 16.4. The van der Waals surface area contributed by atoms with Gasteiger partial charge in [-0.3, -0.25) is 0 Å². The van der Waals surface area contributed by atoms with E-state index in [4.69, 9.17) is 5.11 Å². The summed E-state index contributed by atoms with van der Waals surface area (Å²) in [6.07, 6.45) is 1.37. The third-order valence-corrected chi connectivity index (χ3v) is 1.90. The molecule has 8 nitrogen and oxygen atoms in total. The molecule has 86 valence electrons. The van der Waals surface area contributed by atoms with Crippen LogP contribution in [0.2, 0.25) is 0 Å². The molecular weight excluding hydrogens is 224 g/mol. The number of hydrogen-bond acceptors (Lipinski definition) is 6. The molecule has 0 spiro atoms. The second kappa shape index (κ2) is 4.84. The normalized spacial score (nSPS) is 10.6. The lowest BCUT2D eigenvalue weighted by Gasteiger charge is -1.98. The summed E-state index contributed by atoms with van der Waals surface area (Å²) in [5.41, 5.74) is 3.15. The molecule has 0 aliphatic rings. The van der Waals surface area contributed by atoms with Crippen LogP contribution < -0.4 is 5.43 Å². The van der Waals surface area contributed by atoms with Crippen LogP contribution in [0.3, 0.4) is 0 Å². The summed E-state index contributed by atoms with van der Waals surface area (Å²) in [7, 11) is 0. The smallest absolute Gasteiger partial charge is 0.336 e. The lowest BCUT2D eigenvalue weighted by molar-refractivity contribution is 0.0697. The zero-order chi connectivity index (χ0) is 12.1. The highest BCUT2D eigenvalue weighted by Gasteiger charge is 2.06. The van der Waals surface area contributed by atoms with E-state index in [1.807, 2.05) is 0 Å². The maximum Gasteiger partial charge on any atom is 0.336 e. The monoisotopic (exact) mass is 232 g/mol. The minimum Gasteiger partial charge on any atom is -0.478 e. The Kier molecular flexibility index (Phi) is 3.05. The molecule has 0 aliphatic heterocycles. The Morgan fingerprint density at radius 1 is 1.47 bits per heavy atom. The maximum atomic E-state index is 10.9. The van der Waals surface area contributed by atoms with Crippen molar-refractivity contribution in [3.8, 4) is 0 Å². The van der Waals surface area contributed by atoms with Crippen molar-refractivity contribution in [2.24, 2.45) is 5.10 Å². The fraction of sp³-hybridized carbons (Fsp3) is 0. The SMILES string of the molecule is O=C(O)c1ccccc1C=NNc1nn[nH]n1. The average molecular weight is 232 g/mol. The molecule has 0 aliphatic carbocycles. The first kappa shape index (κ1) is 10.7. The number of rotatable bonds is 4. The van der Waals surface area contributed by atoms with Gasteiger partial charge in [-0.05, 0) is 11.3 Å². The van der Waals surface area contributed by atoms with E-state index in [1.165, 1.54) is 12.3 Å². The molecule has 0 bridgehead atoms. The van der Waals surface area contributed by atoms with Gasteiger partial charge in [0, 0.05) is 5.56 Å². The quantitative estimate of drug-likeness (QED) is 0.517. The van der Waals surface area contributed by atoms with Gasteiger partial charge in [0.15, 0.2) is 0 Å². The Hall–Kier alpha value is -2.77. The topological polar surface area (TPSA) is 116 Å². The summed E-state index contributed by atoms with van der Waals surface area (Å²) >= 11 is 0. The number of aromatic carboxylic acids is 1. The second-order valence-electron chi connectivity index (χ2n) is 3.00. The number of benzene rings is 1. The van der Waals surface area contributed by atoms with Gasteiger partial charge < -0.3 is 5.11 Å². The highest BCUT2D eigenvalue weighted by molar-refractivity contribution is 5.98. The van der Waals surface area contributed by atoms with Crippen molar-refractivity contribution in [2.75, 3.05) is 5.43 Å². The van der Waals surface area contributed by atoms with Crippen LogP contribution in [0.5, 0.6) is 0 Å². The van der Waals surface area contributed by atoms with Crippen LogP contribution in [-0.4, -0.2) is 37.9 Å². The van der Waals surface area contributed by atoms with Gasteiger partial charge in [0.2, 0.25) is 0 Å². The minimum absolute atomic E-state index is 0.172. The minimum atomic E-state index is -1.01. The molecule has 0 amide bonds. The first-order chi connectivity index (χ1) is 8.27. The summed E-state index contributed by atoms with van der Waals surface area (Å²) in [6.45, 7) is 0. The number of nitrogens with one attached hydrogen (secondary N) is 2. The highest BCUT2D eigenvalue weighted by Crippen LogP contribution is 2.06. The molecule has 0 atom stereocenters. The number of nitrogens with zero attached hydrogens (tertiary/aromatic N) is 4. The molecule has 17 heavy (non-hydrogen) atoms. The number of H-pyrrole nitrogens is 1. The van der Waals surface area contributed by atoms with Crippen LogP contribution in [0, 0.1) is 0 Å². The van der Waals surface area contributed by atoms with Gasteiger partial charge in [-0.2, -0.15) is 10.3 Å². The first-order valence-electron chi connectivity index (χ1n) is 4.62. The summed E-state index contributed by atoms with van der Waals surface area (Å²) in [6, 6.07) is 6.51. The molecule has 2 rings (SSSR count). The molecule has 3 N–H and O–H groups in total. The molecule has 0 fully saturated rings. The Morgan fingerprint density at radius 2 is 2.29 bits per heavy atom. The predicted molar refractivity (Wildman–Crippen MR) is 58.8 cm³/mol. The number of hydrogen-bond donors (Lipinski definition) is 3. The van der Waals surface area contributed by atoms with Crippen LogP contribution in [0.4, 0.5) is 5.95 Å². The molecule has 0 saturated carbocycles. The van der Waals surface area contributed by atoms with Crippen molar-refractivity contribution in [1.82, 2.24) is 20.6 Å². The fourth-order valence-corrected chi connectivity index (χ4v) is 1.17. The molecule has 2 aromatic rings. The van der Waals surface area contributed by atoms with E-state index in [9.17, 15) is 4.79 Å². The first-order valence-corrected chi connectivity index (χ1v) is 4.62. The number of aromatic nitrogens is 4. The standard InChI is InChI=1S/C9H8N6O2/c16-8(17)7-4-2-1-3-6(7)5-10-11-9-12-14-15-13-9/h1-5H,(H,16,17)(H2,11,12,13,14,15). The third kappa shape index (κ3) is 2.62. The van der Waals surface area contributed by atoms with Crippen LogP contribution >= 0.6 is 0 Å². The number of carboxylic acids is 1. The van der Waals surface area contributed by atoms with Crippen molar-refractivity contribution in [1.29, 1.82) is 0 Å². The zero-order valence-electron chi connectivity index (χ0n) is 8.53. The van der Waals surface area contributed by atoms with Crippen molar-refractivity contribution in [3.63, 3.8) is 0 Å². The molecule has 0 unspecified atom stereocenters. The molecule has 8 heteroatoms. The Morgan fingerprint density at radius 3 is 3.00 bits per heavy atom. The van der Waals surface area contributed by atoms with Gasteiger partial charge in [0.25, 0.3) is 5.95 Å². The summed E-state index contributed by atoms with van der Waals surface area (Å²) in [5.74, 6) is -0.805. The van der Waals surface area contributed by atoms with Crippen LogP contribution in [0.25, 0.3) is 0 Å². The van der Waals surface area contributed by atoms with Crippen molar-refractivity contribution >= 4 is 18.1 Å². The second-order valence-corrected chi connectivity index (χ2v) is 3.00. The van der Waals surface area contributed by atoms with Gasteiger partial charge in [0.1, 0.15) is 0 Å². The van der Waals surface area contributed by atoms with Crippen LogP contribution in [0.1, 0.15) is 15.9 Å². The van der Waals surface area contributed by atoms with Crippen molar-refractivity contribution in [2.45, 2.75) is 0 Å². The van der Waals surface area contributed by atoms with Gasteiger partial charge >= 0.3 is 5.97 Å².